The van der Waals surface area contributed by atoms with Crippen molar-refractivity contribution in [3.05, 3.63) is 72.6 Å². The number of rotatable bonds is 1. The predicted molar refractivity (Wildman–Crippen MR) is 178 cm³/mol. The Bertz CT molecular complexity index is 1160. The summed E-state index contributed by atoms with van der Waals surface area (Å²) in [7, 11) is 3.92. The molecule has 2 aromatic rings. The first kappa shape index (κ1) is 37.3. The minimum Gasteiger partial charge on any atom is -0.373 e. The number of carbonyl (C=O) groups is 2. The quantitative estimate of drug-likeness (QED) is 0.190. The molecule has 8 N–H and O–H groups in total. The number of para-hydroxylation sites is 1. The van der Waals surface area contributed by atoms with E-state index in [2.05, 4.69) is 95.7 Å². The molecule has 2 atom stereocenters. The zero-order chi connectivity index (χ0) is 28.5. The monoisotopic (exact) mass is 750 g/mol. The molecule has 12 heteroatoms. The van der Waals surface area contributed by atoms with Crippen molar-refractivity contribution in [2.24, 2.45) is 45.9 Å². The van der Waals surface area contributed by atoms with Crippen molar-refractivity contribution in [3.63, 3.8) is 0 Å². The van der Waals surface area contributed by atoms with Crippen LogP contribution >= 0.6 is 37.2 Å². The number of allylic oxidation sites excluding steroid dienone is 2. The van der Waals surface area contributed by atoms with Gasteiger partial charge < -0.3 is 32.4 Å². The molecule has 0 radical (unpaired) electrons. The topological polar surface area (TPSA) is 171 Å². The Balaban J connectivity index is 0. The number of carbonyl (C=O) groups excluding carboxylic acids is 2. The van der Waals surface area contributed by atoms with Crippen LogP contribution < -0.4 is 22.9 Å². The molecule has 0 bridgehead atoms. The summed E-state index contributed by atoms with van der Waals surface area (Å²) in [6, 6.07) is 10.0. The Kier molecular flexibility index (Phi) is 19.7. The highest BCUT2D eigenvalue weighted by Crippen LogP contribution is 2.24. The maximum Gasteiger partial charge on any atom is 0.296 e. The smallest absolute Gasteiger partial charge is 0.296 e. The van der Waals surface area contributed by atoms with Gasteiger partial charge in [-0.15, -0.1) is 0 Å². The van der Waals surface area contributed by atoms with E-state index < -0.39 is 5.91 Å². The van der Waals surface area contributed by atoms with Crippen LogP contribution in [0.15, 0.2) is 76.9 Å². The normalized spacial score (nSPS) is 15.3. The number of likely N-dealkylation sites (N-methyl/N-ethyl adjacent to an activating group) is 1. The third-order valence-corrected chi connectivity index (χ3v) is 4.85. The van der Waals surface area contributed by atoms with Crippen molar-refractivity contribution in [2.75, 3.05) is 7.05 Å². The molecule has 2 unspecified atom stereocenters. The van der Waals surface area contributed by atoms with Gasteiger partial charge in [-0.3, -0.25) is 9.59 Å². The van der Waals surface area contributed by atoms with Gasteiger partial charge in [0.2, 0.25) is 5.91 Å². The summed E-state index contributed by atoms with van der Waals surface area (Å²) in [5.74, 6) is -0.601. The van der Waals surface area contributed by atoms with Crippen LogP contribution in [0.4, 0.5) is 0 Å². The molecule has 0 fully saturated rings. The van der Waals surface area contributed by atoms with E-state index in [1.165, 1.54) is 6.92 Å². The zero-order valence-corrected chi connectivity index (χ0v) is 26.0. The zero-order valence-electron chi connectivity index (χ0n) is 21.7. The third kappa shape index (κ3) is 12.6. The first-order valence-corrected chi connectivity index (χ1v) is 17.6. The van der Waals surface area contributed by atoms with E-state index in [0.717, 1.165) is 10.9 Å². The number of fused-ring (bicyclic) bond motifs is 2. The molecule has 1 aromatic carbocycles. The number of guanidine groups is 2. The van der Waals surface area contributed by atoms with Crippen LogP contribution in [0.25, 0.3) is 10.9 Å². The SMILES string of the molecule is C.CC.CC(=O)N=C(N)N.CN1C=CC2C=CC=CC21.Cn1c(C(=O)N=C(N)N)cc2ccccc21.II. The number of amides is 2. The standard InChI is InChI=1S/C11H12N4O.C9H11N.C3H7N3O.C2H6.CH4.I2/c1-15-8-5-3-2-4-7(8)6-9(15)10(16)14-11(12)13;1-10-7-6-8-4-2-3-5-9(8)10;1-2(7)6-3(4)5;1-2;;1-2/h2-6H,1H3,(H4,12,13,14,16);2-9H,1H3;1H3,(H4,4,5,6,7);1-2H3;1H4;. The van der Waals surface area contributed by atoms with E-state index in [1.807, 2.05) is 38.1 Å². The molecule has 1 aromatic heterocycles. The molecule has 0 saturated carbocycles. The van der Waals surface area contributed by atoms with Gasteiger partial charge in [0.05, 0.1) is 6.04 Å². The second-order valence-electron chi connectivity index (χ2n) is 7.39. The summed E-state index contributed by atoms with van der Waals surface area (Å²) in [5, 5.41) is 0.985. The second kappa shape index (κ2) is 20.1. The van der Waals surface area contributed by atoms with Crippen molar-refractivity contribution in [1.29, 1.82) is 0 Å². The van der Waals surface area contributed by atoms with E-state index in [4.69, 9.17) is 22.9 Å². The Hall–Kier alpha value is -2.88. The minimum absolute atomic E-state index is 0. The largest absolute Gasteiger partial charge is 0.373 e. The lowest BCUT2D eigenvalue weighted by atomic mass is 9.97. The Morgan fingerprint density at radius 2 is 1.45 bits per heavy atom. The van der Waals surface area contributed by atoms with E-state index in [0.29, 0.717) is 17.7 Å². The lowest BCUT2D eigenvalue weighted by molar-refractivity contribution is -0.115. The highest BCUT2D eigenvalue weighted by Gasteiger charge is 2.22. The Labute approximate surface area is 249 Å². The number of nitrogens with zero attached hydrogens (tertiary/aromatic N) is 4. The van der Waals surface area contributed by atoms with Crippen molar-refractivity contribution in [3.8, 4) is 0 Å². The molecular formula is C26H40I2N8O2. The lowest BCUT2D eigenvalue weighted by Crippen LogP contribution is -2.26. The maximum atomic E-state index is 11.7. The number of aryl methyl sites for hydroxylation is 1. The van der Waals surface area contributed by atoms with Gasteiger partial charge in [-0.2, -0.15) is 9.98 Å². The fraction of sp³-hybridized carbons (Fsp3) is 0.308. The van der Waals surface area contributed by atoms with Crippen molar-refractivity contribution in [2.45, 2.75) is 34.2 Å². The molecule has 1 aliphatic carbocycles. The number of nitrogens with two attached hydrogens (primary N) is 4. The van der Waals surface area contributed by atoms with Crippen LogP contribution in [-0.2, 0) is 11.8 Å². The number of aliphatic imine (C=N–C) groups is 2. The molecule has 2 amide bonds. The predicted octanol–water partition coefficient (Wildman–Crippen LogP) is 4.39. The molecule has 0 saturated heterocycles. The summed E-state index contributed by atoms with van der Waals surface area (Å²) < 4.78 is 1.77. The molecule has 0 spiro atoms. The van der Waals surface area contributed by atoms with E-state index in [-0.39, 0.29) is 25.3 Å². The third-order valence-electron chi connectivity index (χ3n) is 4.85. The molecule has 2 aliphatic rings. The highest BCUT2D eigenvalue weighted by molar-refractivity contribution is 15.0. The number of halogens is 2. The molecule has 210 valence electrons. The summed E-state index contributed by atoms with van der Waals surface area (Å²) in [6.07, 6.45) is 13.1. The molecular weight excluding hydrogens is 710 g/mol. The van der Waals surface area contributed by atoms with Crippen LogP contribution in [0.1, 0.15) is 38.7 Å². The maximum absolute atomic E-state index is 11.7. The van der Waals surface area contributed by atoms with Gasteiger partial charge in [0.1, 0.15) is 5.69 Å². The molecule has 4 rings (SSSR count). The number of hydrogen-bond donors (Lipinski definition) is 4. The van der Waals surface area contributed by atoms with Crippen LogP contribution in [0.2, 0.25) is 0 Å². The Morgan fingerprint density at radius 3 is 1.92 bits per heavy atom. The van der Waals surface area contributed by atoms with Gasteiger partial charge in [-0.05, 0) is 18.3 Å². The van der Waals surface area contributed by atoms with Gasteiger partial charge >= 0.3 is 0 Å². The van der Waals surface area contributed by atoms with Crippen molar-refractivity contribution < 1.29 is 9.59 Å². The summed E-state index contributed by atoms with van der Waals surface area (Å²) in [5.41, 5.74) is 21.4. The first-order chi connectivity index (χ1) is 17.6. The van der Waals surface area contributed by atoms with Crippen LogP contribution in [-0.4, -0.2) is 46.3 Å². The Morgan fingerprint density at radius 1 is 0.895 bits per heavy atom. The fourth-order valence-electron chi connectivity index (χ4n) is 3.38. The van der Waals surface area contributed by atoms with Gasteiger partial charge in [0.25, 0.3) is 5.91 Å². The average molecular weight is 750 g/mol. The lowest BCUT2D eigenvalue weighted by Gasteiger charge is -2.22. The second-order valence-corrected chi connectivity index (χ2v) is 7.39. The van der Waals surface area contributed by atoms with Crippen LogP contribution in [0, 0.1) is 5.92 Å². The summed E-state index contributed by atoms with van der Waals surface area (Å²) in [6.45, 7) is 5.28. The summed E-state index contributed by atoms with van der Waals surface area (Å²) in [4.78, 5) is 30.5. The molecule has 1 aliphatic heterocycles. The van der Waals surface area contributed by atoms with Crippen molar-refractivity contribution in [1.82, 2.24) is 9.47 Å². The first-order valence-electron chi connectivity index (χ1n) is 11.3. The number of benzene rings is 1. The molecule has 2 heterocycles. The van der Waals surface area contributed by atoms with Crippen molar-refractivity contribution >= 4 is 71.9 Å². The molecule has 10 nitrogen and oxygen atoms in total. The van der Waals surface area contributed by atoms with Gasteiger partial charge in [-0.1, -0.05) is 69.9 Å². The molecule has 38 heavy (non-hydrogen) atoms. The summed E-state index contributed by atoms with van der Waals surface area (Å²) >= 11 is 4.24. The van der Waals surface area contributed by atoms with Crippen LogP contribution in [0.5, 0.6) is 0 Å². The number of hydrogen-bond acceptors (Lipinski definition) is 3. The highest BCUT2D eigenvalue weighted by atomic mass is 128. The van der Waals surface area contributed by atoms with Gasteiger partial charge in [0.15, 0.2) is 11.9 Å². The van der Waals surface area contributed by atoms with E-state index in [1.54, 1.807) is 17.7 Å². The average Bonchev–Trinajstić information content (AvgIpc) is 3.41. The fourth-order valence-corrected chi connectivity index (χ4v) is 3.38. The number of aromatic nitrogens is 1. The van der Waals surface area contributed by atoms with Gasteiger partial charge in [-0.25, -0.2) is 0 Å². The minimum atomic E-state index is -0.432. The van der Waals surface area contributed by atoms with E-state index in [9.17, 15) is 9.59 Å². The van der Waals surface area contributed by atoms with E-state index >= 15 is 0 Å². The van der Waals surface area contributed by atoms with Crippen LogP contribution in [0.3, 0.4) is 0 Å². The van der Waals surface area contributed by atoms with Gasteiger partial charge in [0, 0.05) is 75.1 Å².